The van der Waals surface area contributed by atoms with E-state index in [4.69, 9.17) is 9.47 Å². The third kappa shape index (κ3) is 2.47. The maximum absolute atomic E-state index is 14.3. The van der Waals surface area contributed by atoms with E-state index in [2.05, 4.69) is 0 Å². The highest BCUT2D eigenvalue weighted by Crippen LogP contribution is 2.34. The summed E-state index contributed by atoms with van der Waals surface area (Å²) >= 11 is 0. The van der Waals surface area contributed by atoms with Crippen LogP contribution in [0.3, 0.4) is 0 Å². The number of halogens is 1. The van der Waals surface area contributed by atoms with Gasteiger partial charge in [0.1, 0.15) is 11.4 Å². The Kier molecular flexibility index (Phi) is 3.95. The van der Waals surface area contributed by atoms with E-state index in [9.17, 15) is 9.50 Å². The van der Waals surface area contributed by atoms with E-state index in [-0.39, 0.29) is 11.3 Å². The Morgan fingerprint density at radius 2 is 1.65 bits per heavy atom. The van der Waals surface area contributed by atoms with Gasteiger partial charge in [0.25, 0.3) is 0 Å². The van der Waals surface area contributed by atoms with Crippen molar-refractivity contribution in [3.63, 3.8) is 0 Å². The molecule has 106 valence electrons. The number of rotatable bonds is 4. The van der Waals surface area contributed by atoms with Gasteiger partial charge >= 0.3 is 0 Å². The van der Waals surface area contributed by atoms with Gasteiger partial charge in [0.15, 0.2) is 11.6 Å². The first-order chi connectivity index (χ1) is 9.50. The van der Waals surface area contributed by atoms with Crippen LogP contribution >= 0.6 is 0 Å². The molecule has 0 heterocycles. The van der Waals surface area contributed by atoms with Crippen LogP contribution in [0.2, 0.25) is 0 Å². The van der Waals surface area contributed by atoms with Crippen LogP contribution < -0.4 is 9.47 Å². The number of ether oxygens (including phenoxy) is 2. The second-order valence-corrected chi connectivity index (χ2v) is 4.62. The summed E-state index contributed by atoms with van der Waals surface area (Å²) in [5, 5.41) is 10.7. The van der Waals surface area contributed by atoms with Gasteiger partial charge in [-0.2, -0.15) is 0 Å². The summed E-state index contributed by atoms with van der Waals surface area (Å²) in [6.45, 7) is 1.55. The Balaban J connectivity index is 2.48. The minimum Gasteiger partial charge on any atom is -0.497 e. The second kappa shape index (κ2) is 5.51. The van der Waals surface area contributed by atoms with Crippen LogP contribution in [-0.4, -0.2) is 19.3 Å². The molecule has 1 N–H and O–H groups in total. The van der Waals surface area contributed by atoms with Gasteiger partial charge in [0, 0.05) is 5.56 Å². The van der Waals surface area contributed by atoms with Gasteiger partial charge < -0.3 is 14.6 Å². The minimum atomic E-state index is -1.45. The third-order valence-electron chi connectivity index (χ3n) is 3.36. The van der Waals surface area contributed by atoms with Crippen molar-refractivity contribution in [3.05, 3.63) is 59.4 Å². The summed E-state index contributed by atoms with van der Waals surface area (Å²) in [5.74, 6) is 0.225. The van der Waals surface area contributed by atoms with Gasteiger partial charge in [0.2, 0.25) is 0 Å². The van der Waals surface area contributed by atoms with Crippen LogP contribution in [0.15, 0.2) is 42.5 Å². The molecule has 0 fully saturated rings. The largest absolute Gasteiger partial charge is 0.497 e. The highest BCUT2D eigenvalue weighted by atomic mass is 19.1. The van der Waals surface area contributed by atoms with Crippen LogP contribution in [0.5, 0.6) is 11.5 Å². The molecule has 0 radical (unpaired) electrons. The van der Waals surface area contributed by atoms with Crippen molar-refractivity contribution < 1.29 is 19.0 Å². The Morgan fingerprint density at radius 3 is 2.20 bits per heavy atom. The van der Waals surface area contributed by atoms with E-state index < -0.39 is 11.4 Å². The topological polar surface area (TPSA) is 38.7 Å². The normalized spacial score (nSPS) is 13.7. The average molecular weight is 276 g/mol. The fourth-order valence-electron chi connectivity index (χ4n) is 2.12. The van der Waals surface area contributed by atoms with Crippen LogP contribution in [0.4, 0.5) is 4.39 Å². The fourth-order valence-corrected chi connectivity index (χ4v) is 2.12. The molecule has 0 bridgehead atoms. The number of hydrogen-bond acceptors (Lipinski definition) is 3. The van der Waals surface area contributed by atoms with E-state index in [1.165, 1.54) is 13.2 Å². The third-order valence-corrected chi connectivity index (χ3v) is 3.36. The van der Waals surface area contributed by atoms with Crippen LogP contribution in [0.25, 0.3) is 0 Å². The molecule has 3 nitrogen and oxygen atoms in total. The van der Waals surface area contributed by atoms with E-state index in [0.29, 0.717) is 11.3 Å². The Morgan fingerprint density at radius 1 is 1.00 bits per heavy atom. The van der Waals surface area contributed by atoms with Gasteiger partial charge in [-0.25, -0.2) is 4.39 Å². The molecule has 0 aliphatic heterocycles. The lowest BCUT2D eigenvalue weighted by Gasteiger charge is -2.25. The second-order valence-electron chi connectivity index (χ2n) is 4.62. The van der Waals surface area contributed by atoms with Crippen molar-refractivity contribution in [2.24, 2.45) is 0 Å². The monoisotopic (exact) mass is 276 g/mol. The molecule has 4 heteroatoms. The SMILES string of the molecule is COc1ccc(C(C)(O)c2cccc(OC)c2F)cc1. The van der Waals surface area contributed by atoms with Gasteiger partial charge in [-0.1, -0.05) is 24.3 Å². The molecule has 0 aliphatic carbocycles. The molecular weight excluding hydrogens is 259 g/mol. The van der Waals surface area contributed by atoms with Crippen molar-refractivity contribution in [1.82, 2.24) is 0 Å². The Bertz CT molecular complexity index is 591. The highest BCUT2D eigenvalue weighted by molar-refractivity contribution is 5.42. The zero-order valence-electron chi connectivity index (χ0n) is 11.7. The molecular formula is C16H17FO3. The van der Waals surface area contributed by atoms with Crippen LogP contribution in [0.1, 0.15) is 18.1 Å². The zero-order valence-corrected chi connectivity index (χ0v) is 11.7. The van der Waals surface area contributed by atoms with E-state index in [1.807, 2.05) is 0 Å². The summed E-state index contributed by atoms with van der Waals surface area (Å²) in [6, 6.07) is 11.6. The van der Waals surface area contributed by atoms with Crippen molar-refractivity contribution >= 4 is 0 Å². The molecule has 1 atom stereocenters. The smallest absolute Gasteiger partial charge is 0.171 e. The maximum Gasteiger partial charge on any atom is 0.171 e. The predicted molar refractivity (Wildman–Crippen MR) is 74.6 cm³/mol. The molecule has 0 amide bonds. The summed E-state index contributed by atoms with van der Waals surface area (Å²) in [6.07, 6.45) is 0. The summed E-state index contributed by atoms with van der Waals surface area (Å²) in [5.41, 5.74) is -0.710. The first kappa shape index (κ1) is 14.3. The minimum absolute atomic E-state index is 0.108. The molecule has 2 aromatic rings. The lowest BCUT2D eigenvalue weighted by molar-refractivity contribution is 0.0972. The lowest BCUT2D eigenvalue weighted by atomic mass is 9.87. The van der Waals surface area contributed by atoms with Gasteiger partial charge in [-0.15, -0.1) is 0 Å². The summed E-state index contributed by atoms with van der Waals surface area (Å²) in [7, 11) is 2.96. The van der Waals surface area contributed by atoms with Crippen molar-refractivity contribution in [2.45, 2.75) is 12.5 Å². The summed E-state index contributed by atoms with van der Waals surface area (Å²) in [4.78, 5) is 0. The number of benzene rings is 2. The van der Waals surface area contributed by atoms with Crippen LogP contribution in [-0.2, 0) is 5.60 Å². The zero-order chi connectivity index (χ0) is 14.8. The molecule has 1 unspecified atom stereocenters. The Hall–Kier alpha value is -2.07. The summed E-state index contributed by atoms with van der Waals surface area (Å²) < 4.78 is 24.3. The van der Waals surface area contributed by atoms with E-state index >= 15 is 0 Å². The van der Waals surface area contributed by atoms with Gasteiger partial charge in [-0.3, -0.25) is 0 Å². The molecule has 2 aromatic carbocycles. The lowest BCUT2D eigenvalue weighted by Crippen LogP contribution is -2.24. The molecule has 0 saturated carbocycles. The quantitative estimate of drug-likeness (QED) is 0.932. The standard InChI is InChI=1S/C16H17FO3/c1-16(18,11-7-9-12(19-2)10-8-11)13-5-4-6-14(20-3)15(13)17/h4-10,18H,1-3H3. The molecule has 0 saturated heterocycles. The van der Waals surface area contributed by atoms with E-state index in [0.717, 1.165) is 0 Å². The predicted octanol–water partition coefficient (Wildman–Crippen LogP) is 3.10. The van der Waals surface area contributed by atoms with E-state index in [1.54, 1.807) is 50.4 Å². The number of aliphatic hydroxyl groups is 1. The fraction of sp³-hybridized carbons (Fsp3) is 0.250. The van der Waals surface area contributed by atoms with Crippen LogP contribution in [0, 0.1) is 5.82 Å². The number of hydrogen-bond donors (Lipinski definition) is 1. The highest BCUT2D eigenvalue weighted by Gasteiger charge is 2.30. The van der Waals surface area contributed by atoms with Crippen molar-refractivity contribution in [2.75, 3.05) is 14.2 Å². The number of methoxy groups -OCH3 is 2. The van der Waals surface area contributed by atoms with Gasteiger partial charge in [0.05, 0.1) is 14.2 Å². The van der Waals surface area contributed by atoms with Gasteiger partial charge in [-0.05, 0) is 30.7 Å². The molecule has 2 rings (SSSR count). The molecule has 20 heavy (non-hydrogen) atoms. The molecule has 0 spiro atoms. The molecule has 0 aromatic heterocycles. The first-order valence-electron chi connectivity index (χ1n) is 6.20. The molecule has 0 aliphatic rings. The van der Waals surface area contributed by atoms with Crippen molar-refractivity contribution in [1.29, 1.82) is 0 Å². The average Bonchev–Trinajstić information content (AvgIpc) is 2.47. The Labute approximate surface area is 117 Å². The maximum atomic E-state index is 14.3. The first-order valence-corrected chi connectivity index (χ1v) is 6.20. The van der Waals surface area contributed by atoms with Crippen molar-refractivity contribution in [3.8, 4) is 11.5 Å².